The first-order valence-electron chi connectivity index (χ1n) is 61.9. The minimum atomic E-state index is -0.271. The average molecular weight is 2050 g/mol. The summed E-state index contributed by atoms with van der Waals surface area (Å²) in [5.41, 5.74) is 0. The lowest BCUT2D eigenvalue weighted by atomic mass is 10.1. The molecule has 0 aromatic heterocycles. The molecule has 0 radical (unpaired) electrons. The third kappa shape index (κ3) is 112. The molecule has 22 heteroatoms. The molecule has 0 aromatic carbocycles. The van der Waals surface area contributed by atoms with Crippen molar-refractivity contribution in [3.05, 3.63) is 0 Å². The molecule has 0 bridgehead atoms. The molecule has 0 spiro atoms. The van der Waals surface area contributed by atoms with Gasteiger partial charge in [0.25, 0.3) is 0 Å². The molecule has 0 saturated heterocycles. The van der Waals surface area contributed by atoms with Gasteiger partial charge < -0.3 is 67.3 Å². The molecule has 0 fully saturated rings. The Kier molecular flexibility index (Phi) is 115. The van der Waals surface area contributed by atoms with Crippen molar-refractivity contribution in [2.45, 2.75) is 569 Å². The van der Waals surface area contributed by atoms with Crippen LogP contribution >= 0.6 is 0 Å². The molecule has 0 heterocycles. The van der Waals surface area contributed by atoms with Gasteiger partial charge in [0.2, 0.25) is 0 Å². The molecule has 0 aliphatic heterocycles. The van der Waals surface area contributed by atoms with Crippen molar-refractivity contribution in [1.82, 2.24) is 29.4 Å². The van der Waals surface area contributed by atoms with Crippen molar-refractivity contribution >= 4 is 47.8 Å². The zero-order valence-corrected chi connectivity index (χ0v) is 96.8. The van der Waals surface area contributed by atoms with Crippen molar-refractivity contribution in [3.8, 4) is 0 Å². The molecule has 0 saturated carbocycles. The van der Waals surface area contributed by atoms with E-state index >= 15 is 0 Å². The van der Waals surface area contributed by atoms with Gasteiger partial charge in [0.05, 0.1) is 105 Å². The summed E-state index contributed by atoms with van der Waals surface area (Å²) >= 11 is 0. The van der Waals surface area contributed by atoms with Crippen LogP contribution in [0.5, 0.6) is 0 Å². The Balaban J connectivity index is 0. The third-order valence-electron chi connectivity index (χ3n) is 28.6. The normalized spacial score (nSPS) is 11.6. The van der Waals surface area contributed by atoms with E-state index in [0.717, 1.165) is 116 Å². The summed E-state index contributed by atoms with van der Waals surface area (Å²) in [5.74, 6) is -1.57. The summed E-state index contributed by atoms with van der Waals surface area (Å²) in [7, 11) is 5.54. The molecule has 0 atom stereocenters. The summed E-state index contributed by atoms with van der Waals surface area (Å²) < 4.78 is 44.4. The highest BCUT2D eigenvalue weighted by Crippen LogP contribution is 2.21. The van der Waals surface area contributed by atoms with Gasteiger partial charge in [-0.1, -0.05) is 472 Å². The minimum absolute atomic E-state index is 0.183. The SMILES string of the molecule is CCCCCCCCCCCCCOC(=O)CCN(CCC(=O)OC)CCN(C)CCN(CCC(=O)OCCCCCCCCCCCCC)CCC(=O)OCCCCCCCCCCCCC.CCCCCCCCCCCCOC(=O)CCN(CCC(=O)OCCCCCCCCCCCC)CCN(C)CCN(CCC(=O)OCCCCCCCCCCCC)CCC(=O)OCCCCCCCCCCCC. The van der Waals surface area contributed by atoms with Crippen molar-refractivity contribution in [2.75, 3.05) is 172 Å². The maximum absolute atomic E-state index is 12.9. The van der Waals surface area contributed by atoms with Gasteiger partial charge in [-0.25, -0.2) is 0 Å². The van der Waals surface area contributed by atoms with E-state index in [9.17, 15) is 38.4 Å². The minimum Gasteiger partial charge on any atom is -0.469 e. The van der Waals surface area contributed by atoms with Crippen LogP contribution in [0.4, 0.5) is 0 Å². The van der Waals surface area contributed by atoms with Crippen LogP contribution in [0.1, 0.15) is 569 Å². The number of carbonyl (C=O) groups is 8. The van der Waals surface area contributed by atoms with Crippen LogP contribution in [0, 0.1) is 0 Å². The Morgan fingerprint density at radius 3 is 0.354 bits per heavy atom. The molecule has 22 nitrogen and oxygen atoms in total. The summed E-state index contributed by atoms with van der Waals surface area (Å²) in [6, 6.07) is 0. The monoisotopic (exact) mass is 2040 g/mol. The van der Waals surface area contributed by atoms with Crippen molar-refractivity contribution < 1.29 is 76.3 Å². The molecule has 0 aromatic rings. The van der Waals surface area contributed by atoms with Crippen LogP contribution in [-0.2, 0) is 76.3 Å². The second kappa shape index (κ2) is 117. The van der Waals surface area contributed by atoms with Crippen molar-refractivity contribution in [1.29, 1.82) is 0 Å². The van der Waals surface area contributed by atoms with Gasteiger partial charge >= 0.3 is 47.8 Å². The van der Waals surface area contributed by atoms with E-state index in [2.05, 4.69) is 92.0 Å². The molecular weight excluding hydrogens is 1810 g/mol. The fourth-order valence-corrected chi connectivity index (χ4v) is 18.4. The van der Waals surface area contributed by atoms with Crippen LogP contribution in [-0.4, -0.2) is 249 Å². The molecule has 0 aliphatic carbocycles. The molecule has 0 amide bonds. The summed E-state index contributed by atoms with van der Waals surface area (Å²) in [6.45, 7) is 28.8. The highest BCUT2D eigenvalue weighted by Gasteiger charge is 2.21. The first kappa shape index (κ1) is 142. The maximum Gasteiger partial charge on any atom is 0.307 e. The predicted octanol–water partition coefficient (Wildman–Crippen LogP) is 30.8. The van der Waals surface area contributed by atoms with E-state index in [1.807, 2.05) is 0 Å². The molecule has 852 valence electrons. The number of esters is 8. The summed E-state index contributed by atoms with van der Waals surface area (Å²) in [4.78, 5) is 115. The van der Waals surface area contributed by atoms with Crippen LogP contribution in [0.3, 0.4) is 0 Å². The number of rotatable bonds is 116. The number of hydrogen-bond donors (Lipinski definition) is 0. The fraction of sp³-hybridized carbons (Fsp3) is 0.934. The van der Waals surface area contributed by atoms with Gasteiger partial charge in [-0.3, -0.25) is 38.4 Å². The van der Waals surface area contributed by atoms with Gasteiger partial charge in [-0.05, 0) is 59.0 Å². The molecule has 0 unspecified atom stereocenters. The maximum atomic E-state index is 12.9. The first-order chi connectivity index (χ1) is 70.5. The van der Waals surface area contributed by atoms with E-state index in [1.165, 1.54) is 386 Å². The molecule has 0 N–H and O–H groups in total. The molecule has 0 rings (SSSR count). The quantitative estimate of drug-likeness (QED) is 0.0313. The highest BCUT2D eigenvalue weighted by molar-refractivity contribution is 5.72. The largest absolute Gasteiger partial charge is 0.469 e. The number of ether oxygens (including phenoxy) is 8. The summed E-state index contributed by atoms with van der Waals surface area (Å²) in [6.07, 6.45) is 93.1. The van der Waals surface area contributed by atoms with Gasteiger partial charge in [0, 0.05) is 105 Å². The molecular formula is C122H238N6O16. The zero-order chi connectivity index (χ0) is 105. The first-order valence-corrected chi connectivity index (χ1v) is 61.9. The lowest BCUT2D eigenvalue weighted by Gasteiger charge is -2.27. The number of nitrogens with zero attached hydrogens (tertiary/aromatic N) is 6. The Bertz CT molecular complexity index is 2520. The van der Waals surface area contributed by atoms with Gasteiger partial charge in [0.15, 0.2) is 0 Å². The Morgan fingerprint density at radius 2 is 0.243 bits per heavy atom. The van der Waals surface area contributed by atoms with E-state index in [0.29, 0.717) is 125 Å². The smallest absolute Gasteiger partial charge is 0.307 e. The van der Waals surface area contributed by atoms with Gasteiger partial charge in [-0.2, -0.15) is 0 Å². The number of unbranched alkanes of at least 4 members (excludes halogenated alkanes) is 66. The Morgan fingerprint density at radius 1 is 0.139 bits per heavy atom. The summed E-state index contributed by atoms with van der Waals surface area (Å²) in [5, 5.41) is 0. The topological polar surface area (TPSA) is 230 Å². The van der Waals surface area contributed by atoms with Crippen molar-refractivity contribution in [3.63, 3.8) is 0 Å². The van der Waals surface area contributed by atoms with Crippen molar-refractivity contribution in [2.24, 2.45) is 0 Å². The standard InChI is InChI=1S/C65H127N3O8.C57H111N3O8/c1-6-10-14-18-22-26-30-34-38-42-58-73-62(69)46-50-67(51-47-63(70)74-59-43-39-35-31-27-23-19-15-11-7-2)56-54-66(5)55-57-68(52-48-64(71)75-60-44-40-36-32-28-24-20-16-12-8-3)53-49-65(72)76-61-45-41-37-33-29-25-21-17-13-9-4;1-6-9-12-15-18-21-24-27-30-33-36-51-66-55(62)40-44-59(43-39-54(61)65-5)49-47-58(4)48-50-60(45-41-56(63)67-52-37-34-31-28-25-22-19-16-13-10-7-2)46-42-57(64)68-53-38-35-32-29-26-23-20-17-14-11-8-3/h6-61H2,1-5H3;6-53H2,1-5H3. The molecule has 0 aliphatic rings. The van der Waals surface area contributed by atoms with Crippen LogP contribution in [0.2, 0.25) is 0 Å². The van der Waals surface area contributed by atoms with E-state index in [4.69, 9.17) is 37.9 Å². The number of hydrogen-bond acceptors (Lipinski definition) is 22. The highest BCUT2D eigenvalue weighted by atomic mass is 16.6. The van der Waals surface area contributed by atoms with Crippen LogP contribution in [0.25, 0.3) is 0 Å². The van der Waals surface area contributed by atoms with E-state index < -0.39 is 0 Å². The average Bonchev–Trinajstić information content (AvgIpc) is 0.940. The Hall–Kier alpha value is -4.48. The number of methoxy groups -OCH3 is 1. The third-order valence-corrected chi connectivity index (χ3v) is 28.6. The van der Waals surface area contributed by atoms with E-state index in [1.54, 1.807) is 0 Å². The lowest BCUT2D eigenvalue weighted by molar-refractivity contribution is -0.146. The van der Waals surface area contributed by atoms with Crippen LogP contribution in [0.15, 0.2) is 0 Å². The van der Waals surface area contributed by atoms with Gasteiger partial charge in [0.1, 0.15) is 0 Å². The Labute approximate surface area is 889 Å². The second-order valence-electron chi connectivity index (χ2n) is 42.4. The second-order valence-corrected chi connectivity index (χ2v) is 42.4. The number of carbonyl (C=O) groups excluding carboxylic acids is 8. The fourth-order valence-electron chi connectivity index (χ4n) is 18.4. The molecule has 144 heavy (non-hydrogen) atoms. The lowest BCUT2D eigenvalue weighted by Crippen LogP contribution is -2.40. The predicted molar refractivity (Wildman–Crippen MR) is 603 cm³/mol. The van der Waals surface area contributed by atoms with Crippen LogP contribution < -0.4 is 0 Å². The number of likely N-dealkylation sites (N-methyl/N-ethyl adjacent to an activating group) is 2. The van der Waals surface area contributed by atoms with Gasteiger partial charge in [-0.15, -0.1) is 0 Å². The zero-order valence-electron chi connectivity index (χ0n) is 96.8. The van der Waals surface area contributed by atoms with E-state index in [-0.39, 0.29) is 99.1 Å².